The molecule has 0 amide bonds. The summed E-state index contributed by atoms with van der Waals surface area (Å²) in [7, 11) is 0. The number of aromatic nitrogens is 1. The lowest BCUT2D eigenvalue weighted by molar-refractivity contribution is 0.0531. The molecule has 4 rings (SSSR count). The minimum Gasteiger partial charge on any atom is -0.462 e. The first-order valence-electron chi connectivity index (χ1n) is 9.04. The maximum atomic E-state index is 13.0. The van der Waals surface area contributed by atoms with Gasteiger partial charge in [-0.3, -0.25) is 4.79 Å². The van der Waals surface area contributed by atoms with Gasteiger partial charge in [-0.25, -0.2) is 4.79 Å². The number of carbonyl (C=O) groups is 2. The van der Waals surface area contributed by atoms with Crippen LogP contribution >= 0.6 is 11.3 Å². The fraction of sp³-hybridized carbons (Fsp3) is 0.182. The number of carbonyl (C=O) groups excluding carboxylic acids is 2. The molecular weight excluding hydrogens is 372 g/mol. The molecule has 0 atom stereocenters. The minimum atomic E-state index is -0.401. The molecule has 0 saturated heterocycles. The van der Waals surface area contributed by atoms with E-state index in [1.807, 2.05) is 48.7 Å². The highest BCUT2D eigenvalue weighted by Gasteiger charge is 2.28. The van der Waals surface area contributed by atoms with Crippen molar-refractivity contribution in [3.63, 3.8) is 0 Å². The van der Waals surface area contributed by atoms with Crippen LogP contribution in [0.15, 0.2) is 42.6 Å². The predicted molar refractivity (Wildman–Crippen MR) is 112 cm³/mol. The number of benzene rings is 1. The van der Waals surface area contributed by atoms with E-state index in [4.69, 9.17) is 10.5 Å². The summed E-state index contributed by atoms with van der Waals surface area (Å²) in [6.45, 7) is 6.00. The molecule has 0 aliphatic rings. The van der Waals surface area contributed by atoms with Crippen molar-refractivity contribution in [1.29, 1.82) is 0 Å². The van der Waals surface area contributed by atoms with E-state index in [0.29, 0.717) is 31.9 Å². The highest BCUT2D eigenvalue weighted by Crippen LogP contribution is 2.41. The van der Waals surface area contributed by atoms with Crippen molar-refractivity contribution in [2.75, 3.05) is 12.3 Å². The quantitative estimate of drug-likeness (QED) is 0.401. The molecule has 0 bridgehead atoms. The van der Waals surface area contributed by atoms with Gasteiger partial charge in [0.05, 0.1) is 28.0 Å². The zero-order valence-corrected chi connectivity index (χ0v) is 16.7. The molecule has 0 aliphatic heterocycles. The number of hydrogen-bond donors (Lipinski definition) is 1. The van der Waals surface area contributed by atoms with Crippen LogP contribution in [0.1, 0.15) is 43.6 Å². The first kappa shape index (κ1) is 18.3. The van der Waals surface area contributed by atoms with E-state index in [0.717, 1.165) is 16.6 Å². The number of nitrogens with zero attached hydrogens (tertiary/aromatic N) is 1. The van der Waals surface area contributed by atoms with Crippen molar-refractivity contribution in [1.82, 2.24) is 4.40 Å². The Bertz CT molecular complexity index is 1240. The molecular formula is C22H20N2O3S. The molecule has 0 aliphatic carbocycles. The molecule has 4 aromatic rings. The molecule has 28 heavy (non-hydrogen) atoms. The molecule has 5 nitrogen and oxygen atoms in total. The average molecular weight is 392 g/mol. The van der Waals surface area contributed by atoms with Gasteiger partial charge in [0.15, 0.2) is 0 Å². The number of esters is 1. The van der Waals surface area contributed by atoms with Gasteiger partial charge in [0.25, 0.3) is 0 Å². The van der Waals surface area contributed by atoms with Crippen LogP contribution < -0.4 is 5.73 Å². The van der Waals surface area contributed by atoms with E-state index in [-0.39, 0.29) is 12.4 Å². The van der Waals surface area contributed by atoms with Crippen LogP contribution in [-0.2, 0) is 4.74 Å². The summed E-state index contributed by atoms with van der Waals surface area (Å²) in [5, 5.41) is 0. The number of fused-ring (bicyclic) bond motifs is 3. The number of ketones is 1. The zero-order valence-electron chi connectivity index (χ0n) is 15.9. The Morgan fingerprint density at radius 2 is 1.86 bits per heavy atom. The summed E-state index contributed by atoms with van der Waals surface area (Å²) in [6, 6.07) is 11.0. The van der Waals surface area contributed by atoms with Gasteiger partial charge in [-0.2, -0.15) is 0 Å². The van der Waals surface area contributed by atoms with Crippen molar-refractivity contribution >= 4 is 44.5 Å². The maximum absolute atomic E-state index is 13.0. The lowest BCUT2D eigenvalue weighted by Crippen LogP contribution is -2.06. The van der Waals surface area contributed by atoms with Crippen LogP contribution in [0.25, 0.3) is 15.7 Å². The summed E-state index contributed by atoms with van der Waals surface area (Å²) in [4.78, 5) is 26.2. The summed E-state index contributed by atoms with van der Waals surface area (Å²) in [6.07, 6.45) is 1.94. The van der Waals surface area contributed by atoms with E-state index in [1.54, 1.807) is 19.1 Å². The number of hydrogen-bond acceptors (Lipinski definition) is 5. The highest BCUT2D eigenvalue weighted by molar-refractivity contribution is 7.22. The minimum absolute atomic E-state index is 0.146. The topological polar surface area (TPSA) is 73.8 Å². The fourth-order valence-electron chi connectivity index (χ4n) is 3.63. The predicted octanol–water partition coefficient (Wildman–Crippen LogP) is 4.76. The van der Waals surface area contributed by atoms with Crippen LogP contribution in [0.5, 0.6) is 0 Å². The van der Waals surface area contributed by atoms with E-state index < -0.39 is 5.97 Å². The number of ether oxygens (including phenoxy) is 1. The third-order valence-corrected chi connectivity index (χ3v) is 5.95. The van der Waals surface area contributed by atoms with E-state index in [2.05, 4.69) is 0 Å². The second kappa shape index (κ2) is 6.80. The maximum Gasteiger partial charge on any atom is 0.341 e. The molecule has 6 heteroatoms. The van der Waals surface area contributed by atoms with Crippen molar-refractivity contribution in [2.24, 2.45) is 0 Å². The van der Waals surface area contributed by atoms with Crippen molar-refractivity contribution < 1.29 is 14.3 Å². The number of nitrogens with two attached hydrogens (primary N) is 1. The Balaban J connectivity index is 2.06. The Hall–Kier alpha value is -3.12. The number of anilines is 1. The number of thiophene rings is 1. The monoisotopic (exact) mass is 392 g/mol. The Morgan fingerprint density at radius 1 is 1.14 bits per heavy atom. The van der Waals surface area contributed by atoms with Gasteiger partial charge in [0.2, 0.25) is 5.78 Å². The van der Waals surface area contributed by atoms with Crippen molar-refractivity contribution in [3.05, 3.63) is 69.7 Å². The lowest BCUT2D eigenvalue weighted by Gasteiger charge is -2.07. The van der Waals surface area contributed by atoms with E-state index in [1.165, 1.54) is 11.3 Å². The molecule has 0 saturated carbocycles. The second-order valence-electron chi connectivity index (χ2n) is 6.73. The molecule has 0 unspecified atom stereocenters. The summed E-state index contributed by atoms with van der Waals surface area (Å²) in [5.41, 5.74) is 11.3. The van der Waals surface area contributed by atoms with Gasteiger partial charge in [-0.15, -0.1) is 11.3 Å². The molecule has 0 radical (unpaired) electrons. The second-order valence-corrected chi connectivity index (χ2v) is 7.75. The van der Waals surface area contributed by atoms with Gasteiger partial charge in [0, 0.05) is 11.8 Å². The number of rotatable bonds is 4. The van der Waals surface area contributed by atoms with Crippen LogP contribution in [0.3, 0.4) is 0 Å². The van der Waals surface area contributed by atoms with E-state index in [9.17, 15) is 9.59 Å². The van der Waals surface area contributed by atoms with Crippen LogP contribution in [0.2, 0.25) is 0 Å². The normalized spacial score (nSPS) is 11.2. The first-order chi connectivity index (χ1) is 13.4. The van der Waals surface area contributed by atoms with Crippen molar-refractivity contribution in [2.45, 2.75) is 20.8 Å². The third kappa shape index (κ3) is 2.68. The Morgan fingerprint density at radius 3 is 2.54 bits per heavy atom. The van der Waals surface area contributed by atoms with Crippen molar-refractivity contribution in [3.8, 4) is 0 Å². The van der Waals surface area contributed by atoms with Crippen LogP contribution in [0.4, 0.5) is 5.69 Å². The molecule has 3 aromatic heterocycles. The number of aryl methyl sites for hydroxylation is 2. The SMILES string of the molecule is CCOC(=O)c1c2sc(C(=O)c3ccccc3)c(N)c2n2cc(C)cc(C)c12. The molecule has 1 aromatic carbocycles. The summed E-state index contributed by atoms with van der Waals surface area (Å²) >= 11 is 1.25. The number of pyridine rings is 1. The van der Waals surface area contributed by atoms with E-state index >= 15 is 0 Å². The third-order valence-electron chi connectivity index (χ3n) is 4.74. The zero-order chi connectivity index (χ0) is 20.0. The molecule has 142 valence electrons. The van der Waals surface area contributed by atoms with Gasteiger partial charge >= 0.3 is 5.97 Å². The van der Waals surface area contributed by atoms with Gasteiger partial charge in [-0.05, 0) is 31.9 Å². The smallest absolute Gasteiger partial charge is 0.341 e. The average Bonchev–Trinajstić information content (AvgIpc) is 3.17. The largest absolute Gasteiger partial charge is 0.462 e. The van der Waals surface area contributed by atoms with Gasteiger partial charge < -0.3 is 14.9 Å². The molecule has 0 fully saturated rings. The molecule has 0 spiro atoms. The Kier molecular flexibility index (Phi) is 4.43. The fourth-order valence-corrected chi connectivity index (χ4v) is 4.84. The van der Waals surface area contributed by atoms with Gasteiger partial charge in [0.1, 0.15) is 10.4 Å². The standard InChI is InChI=1S/C22H20N2O3S/c1-4-27-22(26)15-17-13(3)10-12(2)11-24(17)18-16(23)21(28-20(15)18)19(25)14-8-6-5-7-9-14/h5-11H,4,23H2,1-3H3. The molecule has 2 N–H and O–H groups in total. The first-order valence-corrected chi connectivity index (χ1v) is 9.85. The summed E-state index contributed by atoms with van der Waals surface area (Å²) in [5.74, 6) is -0.547. The van der Waals surface area contributed by atoms with Gasteiger partial charge in [-0.1, -0.05) is 36.4 Å². The van der Waals surface area contributed by atoms with Crippen LogP contribution in [-0.4, -0.2) is 22.8 Å². The number of nitrogen functional groups attached to an aromatic ring is 1. The molecule has 3 heterocycles. The lowest BCUT2D eigenvalue weighted by atomic mass is 10.1. The summed E-state index contributed by atoms with van der Waals surface area (Å²) < 4.78 is 7.91. The Labute approximate surface area is 166 Å². The highest BCUT2D eigenvalue weighted by atomic mass is 32.1. The van der Waals surface area contributed by atoms with Crippen LogP contribution in [0, 0.1) is 13.8 Å².